The number of hydrogen-bond acceptors (Lipinski definition) is 2. The van der Waals surface area contributed by atoms with Crippen LogP contribution in [0.1, 0.15) is 18.1 Å². The molecule has 2 N–H and O–H groups in total. The lowest BCUT2D eigenvalue weighted by Gasteiger charge is -2.12. The number of furan rings is 1. The molecule has 0 spiro atoms. The van der Waals surface area contributed by atoms with Gasteiger partial charge in [-0.25, -0.2) is 4.99 Å². The Balaban J connectivity index is 1.17. The molecule has 0 fully saturated rings. The number of hydrogen-bond donors (Lipinski definition) is 1. The van der Waals surface area contributed by atoms with Crippen LogP contribution in [0.2, 0.25) is 0 Å². The van der Waals surface area contributed by atoms with Crippen molar-refractivity contribution in [2.24, 2.45) is 15.7 Å². The highest BCUT2D eigenvalue weighted by Crippen LogP contribution is 2.41. The zero-order chi connectivity index (χ0) is 39.5. The van der Waals surface area contributed by atoms with E-state index in [1.54, 1.807) is 0 Å². The standard InChI is InChI=1S/C53H37N5O/c1-2-44(36-27-25-35(26-28-36)34-15-5-3-6-16-34)55-53(56-52(54)37-29-30-41-40-20-11-14-24-48(40)59-49(41)33-37)58-46-23-13-10-21-43(46)50-47(58)32-31-42-39-19-9-12-22-45(39)57(51(42)50)38-17-7-4-8-18-38/h2-33H,1H3,(H2,54,55,56)/b44-2+. The Bertz CT molecular complexity index is 3490. The smallest absolute Gasteiger partial charge is 0.237 e. The number of allylic oxidation sites excluding steroid dienone is 1. The van der Waals surface area contributed by atoms with Gasteiger partial charge in [-0.2, -0.15) is 4.99 Å². The maximum atomic E-state index is 7.05. The van der Waals surface area contributed by atoms with E-state index in [4.69, 9.17) is 20.1 Å². The summed E-state index contributed by atoms with van der Waals surface area (Å²) in [5.74, 6) is 0.770. The summed E-state index contributed by atoms with van der Waals surface area (Å²) in [5.41, 5.74) is 18.7. The van der Waals surface area contributed by atoms with Crippen molar-refractivity contribution < 1.29 is 4.42 Å². The van der Waals surface area contributed by atoms with Crippen molar-refractivity contribution in [1.82, 2.24) is 9.13 Å². The summed E-state index contributed by atoms with van der Waals surface area (Å²) in [4.78, 5) is 10.7. The van der Waals surface area contributed by atoms with Gasteiger partial charge in [0.25, 0.3) is 0 Å². The Morgan fingerprint density at radius 3 is 1.90 bits per heavy atom. The maximum absolute atomic E-state index is 7.05. The van der Waals surface area contributed by atoms with Gasteiger partial charge in [0.15, 0.2) is 0 Å². The maximum Gasteiger partial charge on any atom is 0.237 e. The summed E-state index contributed by atoms with van der Waals surface area (Å²) < 4.78 is 10.8. The average molecular weight is 760 g/mol. The minimum absolute atomic E-state index is 0.325. The van der Waals surface area contributed by atoms with Crippen molar-refractivity contribution >= 4 is 83.0 Å². The fraction of sp³-hybridized carbons (Fsp3) is 0.0189. The second-order valence-electron chi connectivity index (χ2n) is 14.7. The van der Waals surface area contributed by atoms with Gasteiger partial charge in [-0.1, -0.05) is 146 Å². The van der Waals surface area contributed by atoms with Crippen LogP contribution in [0.5, 0.6) is 0 Å². The molecule has 6 nitrogen and oxygen atoms in total. The molecule has 0 amide bonds. The highest BCUT2D eigenvalue weighted by atomic mass is 16.3. The average Bonchev–Trinajstić information content (AvgIpc) is 3.96. The molecule has 11 aromatic rings. The fourth-order valence-corrected chi connectivity index (χ4v) is 8.62. The summed E-state index contributed by atoms with van der Waals surface area (Å²) >= 11 is 0. The van der Waals surface area contributed by atoms with Crippen molar-refractivity contribution in [3.05, 3.63) is 205 Å². The molecule has 3 heterocycles. The van der Waals surface area contributed by atoms with Crippen LogP contribution in [0.25, 0.3) is 88.1 Å². The van der Waals surface area contributed by atoms with Gasteiger partial charge < -0.3 is 14.7 Å². The molecular weight excluding hydrogens is 723 g/mol. The molecule has 0 radical (unpaired) electrons. The van der Waals surface area contributed by atoms with Crippen molar-refractivity contribution in [2.75, 3.05) is 0 Å². The van der Waals surface area contributed by atoms with Crippen molar-refractivity contribution in [3.8, 4) is 16.8 Å². The Morgan fingerprint density at radius 1 is 0.508 bits per heavy atom. The van der Waals surface area contributed by atoms with Gasteiger partial charge in [-0.15, -0.1) is 0 Å². The van der Waals surface area contributed by atoms with Crippen LogP contribution in [-0.4, -0.2) is 20.9 Å². The lowest BCUT2D eigenvalue weighted by molar-refractivity contribution is 0.669. The predicted octanol–water partition coefficient (Wildman–Crippen LogP) is 13.1. The van der Waals surface area contributed by atoms with E-state index >= 15 is 0 Å². The molecule has 0 bridgehead atoms. The van der Waals surface area contributed by atoms with E-state index in [-0.39, 0.29) is 0 Å². The first kappa shape index (κ1) is 34.3. The summed E-state index contributed by atoms with van der Waals surface area (Å²) in [6.45, 7) is 2.01. The predicted molar refractivity (Wildman–Crippen MR) is 247 cm³/mol. The topological polar surface area (TPSA) is 73.7 Å². The monoisotopic (exact) mass is 759 g/mol. The molecule has 11 rings (SSSR count). The molecule has 280 valence electrons. The summed E-state index contributed by atoms with van der Waals surface area (Å²) in [6.07, 6.45) is 2.03. The third-order valence-electron chi connectivity index (χ3n) is 11.4. The molecule has 0 atom stereocenters. The molecule has 0 aliphatic heterocycles. The normalized spacial score (nSPS) is 12.9. The SMILES string of the molecule is C/C=C(/N=C(N=C(N)c1ccc2c(c1)oc1ccccc12)n1c2ccccc2c2c1ccc1c3ccccc3n(-c3ccccc3)c12)c1ccc(-c2ccccc2)cc1. The fourth-order valence-electron chi connectivity index (χ4n) is 8.62. The van der Waals surface area contributed by atoms with E-state index in [1.807, 2.05) is 49.4 Å². The molecular formula is C53H37N5O. The van der Waals surface area contributed by atoms with E-state index in [1.165, 1.54) is 10.8 Å². The molecule has 0 saturated heterocycles. The lowest BCUT2D eigenvalue weighted by Crippen LogP contribution is -2.19. The highest BCUT2D eigenvalue weighted by molar-refractivity contribution is 6.28. The molecule has 0 aliphatic carbocycles. The van der Waals surface area contributed by atoms with E-state index in [0.717, 1.165) is 88.4 Å². The first-order chi connectivity index (χ1) is 29.1. The summed E-state index contributed by atoms with van der Waals surface area (Å²) in [6, 6.07) is 65.2. The Kier molecular flexibility index (Phi) is 8.08. The number of amidine groups is 1. The minimum atomic E-state index is 0.325. The molecule has 6 heteroatoms. The van der Waals surface area contributed by atoms with E-state index in [9.17, 15) is 0 Å². The second-order valence-corrected chi connectivity index (χ2v) is 14.7. The van der Waals surface area contributed by atoms with Crippen molar-refractivity contribution in [2.45, 2.75) is 6.92 Å². The van der Waals surface area contributed by atoms with Gasteiger partial charge in [-0.05, 0) is 72.1 Å². The minimum Gasteiger partial charge on any atom is -0.456 e. The third-order valence-corrected chi connectivity index (χ3v) is 11.4. The third kappa shape index (κ3) is 5.64. The second kappa shape index (κ2) is 13.9. The van der Waals surface area contributed by atoms with Crippen LogP contribution < -0.4 is 5.73 Å². The molecule has 3 aromatic heterocycles. The Labute approximate surface area is 340 Å². The van der Waals surface area contributed by atoms with Gasteiger partial charge >= 0.3 is 0 Å². The van der Waals surface area contributed by atoms with E-state index < -0.39 is 0 Å². The Morgan fingerprint density at radius 2 is 1.12 bits per heavy atom. The first-order valence-corrected chi connectivity index (χ1v) is 19.8. The summed E-state index contributed by atoms with van der Waals surface area (Å²) in [7, 11) is 0. The van der Waals surface area contributed by atoms with Crippen LogP contribution in [0, 0.1) is 0 Å². The van der Waals surface area contributed by atoms with E-state index in [0.29, 0.717) is 11.8 Å². The quantitative estimate of drug-likeness (QED) is 0.140. The molecule has 59 heavy (non-hydrogen) atoms. The zero-order valence-electron chi connectivity index (χ0n) is 32.2. The van der Waals surface area contributed by atoms with Crippen molar-refractivity contribution in [3.63, 3.8) is 0 Å². The van der Waals surface area contributed by atoms with Gasteiger partial charge in [0.1, 0.15) is 17.0 Å². The highest BCUT2D eigenvalue weighted by Gasteiger charge is 2.22. The molecule has 0 unspecified atom stereocenters. The molecule has 8 aromatic carbocycles. The van der Waals surface area contributed by atoms with Crippen molar-refractivity contribution in [1.29, 1.82) is 0 Å². The number of benzene rings is 8. The van der Waals surface area contributed by atoms with Gasteiger partial charge in [0.05, 0.1) is 27.8 Å². The van der Waals surface area contributed by atoms with Crippen LogP contribution in [0.4, 0.5) is 0 Å². The number of nitrogens with two attached hydrogens (primary N) is 1. The Hall–Kier alpha value is -7.96. The number of fused-ring (bicyclic) bond motifs is 10. The molecule has 0 aliphatic rings. The number of nitrogens with zero attached hydrogens (tertiary/aromatic N) is 4. The van der Waals surface area contributed by atoms with Crippen LogP contribution in [0.15, 0.2) is 209 Å². The number of rotatable bonds is 5. The van der Waals surface area contributed by atoms with Crippen LogP contribution in [0.3, 0.4) is 0 Å². The van der Waals surface area contributed by atoms with E-state index in [2.05, 4.69) is 161 Å². The largest absolute Gasteiger partial charge is 0.456 e. The molecule has 0 saturated carbocycles. The lowest BCUT2D eigenvalue weighted by atomic mass is 10.0. The number of para-hydroxylation sites is 4. The number of aromatic nitrogens is 2. The first-order valence-electron chi connectivity index (χ1n) is 19.8. The number of aliphatic imine (C=N–C) groups is 2. The van der Waals surface area contributed by atoms with Gasteiger partial charge in [-0.3, -0.25) is 4.57 Å². The summed E-state index contributed by atoms with van der Waals surface area (Å²) in [5, 5.41) is 6.66. The van der Waals surface area contributed by atoms with Crippen LogP contribution >= 0.6 is 0 Å². The van der Waals surface area contributed by atoms with Gasteiger partial charge in [0, 0.05) is 43.6 Å². The van der Waals surface area contributed by atoms with Crippen LogP contribution in [-0.2, 0) is 0 Å². The zero-order valence-corrected chi connectivity index (χ0v) is 32.2. The van der Waals surface area contributed by atoms with Gasteiger partial charge in [0.2, 0.25) is 5.96 Å².